The normalized spacial score (nSPS) is 11.0. The van der Waals surface area contributed by atoms with Crippen LogP contribution in [0.25, 0.3) is 22.8 Å². The van der Waals surface area contributed by atoms with E-state index < -0.39 is 0 Å². The topological polar surface area (TPSA) is 94.2 Å². The molecule has 1 aromatic carbocycles. The fraction of sp³-hybridized carbons (Fsp3) is 0.118. The van der Waals surface area contributed by atoms with Gasteiger partial charge >= 0.3 is 0 Å². The van der Waals surface area contributed by atoms with Gasteiger partial charge in [0.15, 0.2) is 23.5 Å². The molecule has 7 nitrogen and oxygen atoms in total. The first kappa shape index (κ1) is 14.3. The smallest absolute Gasteiger partial charge is 0.252 e. The summed E-state index contributed by atoms with van der Waals surface area (Å²) in [5.41, 5.74) is 7.73. The van der Waals surface area contributed by atoms with Crippen molar-refractivity contribution in [1.29, 1.82) is 0 Å². The van der Waals surface area contributed by atoms with Crippen LogP contribution in [0.1, 0.15) is 6.92 Å². The van der Waals surface area contributed by atoms with Crippen LogP contribution >= 0.6 is 0 Å². The molecule has 0 radical (unpaired) electrons. The maximum absolute atomic E-state index is 5.94. The molecule has 3 heterocycles. The van der Waals surface area contributed by atoms with Crippen LogP contribution in [0, 0.1) is 0 Å². The highest BCUT2D eigenvalue weighted by molar-refractivity contribution is 5.81. The van der Waals surface area contributed by atoms with Crippen LogP contribution in [0.3, 0.4) is 0 Å². The number of aromatic nitrogens is 3. The van der Waals surface area contributed by atoms with Crippen molar-refractivity contribution in [3.8, 4) is 11.6 Å². The highest BCUT2D eigenvalue weighted by Gasteiger charge is 2.16. The minimum Gasteiger partial charge on any atom is -0.437 e. The summed E-state index contributed by atoms with van der Waals surface area (Å²) < 4.78 is 11.2. The van der Waals surface area contributed by atoms with E-state index in [0.29, 0.717) is 28.7 Å². The number of rotatable bonds is 4. The minimum absolute atomic E-state index is 0.261. The van der Waals surface area contributed by atoms with Crippen molar-refractivity contribution in [2.45, 2.75) is 6.92 Å². The summed E-state index contributed by atoms with van der Waals surface area (Å²) in [6.07, 6.45) is 1.29. The Morgan fingerprint density at radius 1 is 1.08 bits per heavy atom. The van der Waals surface area contributed by atoms with Gasteiger partial charge in [0.2, 0.25) is 11.7 Å². The summed E-state index contributed by atoms with van der Waals surface area (Å²) in [5.74, 6) is 1.85. The summed E-state index contributed by atoms with van der Waals surface area (Å²) in [5, 5.41) is 0. The lowest BCUT2D eigenvalue weighted by atomic mass is 10.3. The van der Waals surface area contributed by atoms with Crippen molar-refractivity contribution in [2.75, 3.05) is 17.2 Å². The Hall–Kier alpha value is -3.35. The summed E-state index contributed by atoms with van der Waals surface area (Å²) in [6, 6.07) is 13.7. The number of para-hydroxylation sites is 1. The molecule has 7 heteroatoms. The van der Waals surface area contributed by atoms with Gasteiger partial charge in [0.05, 0.1) is 0 Å². The molecule has 4 rings (SSSR count). The Kier molecular flexibility index (Phi) is 3.38. The van der Waals surface area contributed by atoms with E-state index in [0.717, 1.165) is 12.2 Å². The minimum atomic E-state index is 0.261. The largest absolute Gasteiger partial charge is 0.437 e. The monoisotopic (exact) mass is 321 g/mol. The summed E-state index contributed by atoms with van der Waals surface area (Å²) in [6.45, 7) is 2.82. The SMILES string of the molecule is CCN(c1ccccc1)c1ccc(-c2nc(N)c3ncoc3n2)o1. The first-order chi connectivity index (χ1) is 11.8. The van der Waals surface area contributed by atoms with Gasteiger partial charge in [-0.1, -0.05) is 18.2 Å². The number of nitrogens with two attached hydrogens (primary N) is 1. The van der Waals surface area contributed by atoms with Gasteiger partial charge in [0.25, 0.3) is 5.71 Å². The van der Waals surface area contributed by atoms with Crippen molar-refractivity contribution in [3.05, 3.63) is 48.9 Å². The first-order valence-corrected chi connectivity index (χ1v) is 7.55. The third-order valence-corrected chi connectivity index (χ3v) is 3.69. The lowest BCUT2D eigenvalue weighted by Gasteiger charge is -2.19. The lowest BCUT2D eigenvalue weighted by molar-refractivity contribution is 0.569. The van der Waals surface area contributed by atoms with Gasteiger partial charge in [-0.15, -0.1) is 0 Å². The van der Waals surface area contributed by atoms with E-state index in [1.54, 1.807) is 0 Å². The molecule has 0 bridgehead atoms. The molecular formula is C17H15N5O2. The number of hydrogen-bond acceptors (Lipinski definition) is 7. The van der Waals surface area contributed by atoms with Crippen molar-refractivity contribution in [2.24, 2.45) is 0 Å². The zero-order valence-corrected chi connectivity index (χ0v) is 13.0. The molecular weight excluding hydrogens is 306 g/mol. The quantitative estimate of drug-likeness (QED) is 0.613. The molecule has 120 valence electrons. The van der Waals surface area contributed by atoms with Gasteiger partial charge in [-0.25, -0.2) is 9.97 Å². The molecule has 0 saturated heterocycles. The number of nitrogens with zero attached hydrogens (tertiary/aromatic N) is 4. The zero-order chi connectivity index (χ0) is 16.5. The van der Waals surface area contributed by atoms with Crippen LogP contribution in [-0.2, 0) is 0 Å². The molecule has 0 aliphatic heterocycles. The van der Waals surface area contributed by atoms with Crippen molar-refractivity contribution in [1.82, 2.24) is 15.0 Å². The predicted octanol–water partition coefficient (Wildman–Crippen LogP) is 3.62. The predicted molar refractivity (Wildman–Crippen MR) is 90.8 cm³/mol. The zero-order valence-electron chi connectivity index (χ0n) is 13.0. The van der Waals surface area contributed by atoms with E-state index in [1.165, 1.54) is 6.39 Å². The molecule has 0 unspecified atom stereocenters. The number of fused-ring (bicyclic) bond motifs is 1. The van der Waals surface area contributed by atoms with Crippen molar-refractivity contribution >= 4 is 28.6 Å². The number of furan rings is 1. The highest BCUT2D eigenvalue weighted by Crippen LogP contribution is 2.31. The average molecular weight is 321 g/mol. The Balaban J connectivity index is 1.73. The maximum atomic E-state index is 5.94. The number of hydrogen-bond donors (Lipinski definition) is 1. The highest BCUT2D eigenvalue weighted by atomic mass is 16.4. The second-order valence-electron chi connectivity index (χ2n) is 5.16. The standard InChI is InChI=1S/C17H15N5O2/c1-2-22(11-6-4-3-5-7-11)13-9-8-12(24-13)16-20-15(18)14-17(21-16)23-10-19-14/h3-10H,2H2,1H3,(H2,18,20,21). The second kappa shape index (κ2) is 5.69. The van der Waals surface area contributed by atoms with E-state index in [2.05, 4.69) is 26.8 Å². The summed E-state index contributed by atoms with van der Waals surface area (Å²) in [7, 11) is 0. The van der Waals surface area contributed by atoms with Gasteiger partial charge in [0.1, 0.15) is 0 Å². The molecule has 0 atom stereocenters. The molecule has 0 fully saturated rings. The Bertz CT molecular complexity index is 977. The van der Waals surface area contributed by atoms with E-state index in [4.69, 9.17) is 14.6 Å². The van der Waals surface area contributed by atoms with Gasteiger partial charge in [0, 0.05) is 18.3 Å². The Morgan fingerprint density at radius 3 is 2.71 bits per heavy atom. The van der Waals surface area contributed by atoms with Crippen molar-refractivity contribution < 1.29 is 8.83 Å². The number of oxazole rings is 1. The van der Waals surface area contributed by atoms with Crippen molar-refractivity contribution in [3.63, 3.8) is 0 Å². The molecule has 0 amide bonds. The Labute approximate surface area is 137 Å². The van der Waals surface area contributed by atoms with Crippen LogP contribution in [0.15, 0.2) is 57.7 Å². The van der Waals surface area contributed by atoms with Crippen LogP contribution in [0.2, 0.25) is 0 Å². The van der Waals surface area contributed by atoms with Crippen LogP contribution in [-0.4, -0.2) is 21.5 Å². The third kappa shape index (κ3) is 2.36. The molecule has 2 N–H and O–H groups in total. The van der Waals surface area contributed by atoms with E-state index >= 15 is 0 Å². The van der Waals surface area contributed by atoms with Crippen LogP contribution < -0.4 is 10.6 Å². The molecule has 0 spiro atoms. The number of anilines is 3. The van der Waals surface area contributed by atoms with Crippen LogP contribution in [0.5, 0.6) is 0 Å². The number of nitrogen functional groups attached to an aromatic ring is 1. The average Bonchev–Trinajstić information content (AvgIpc) is 3.26. The molecule has 4 aromatic rings. The summed E-state index contributed by atoms with van der Waals surface area (Å²) >= 11 is 0. The van der Waals surface area contributed by atoms with Gasteiger partial charge in [-0.3, -0.25) is 0 Å². The van der Waals surface area contributed by atoms with Gasteiger partial charge in [-0.05, 0) is 25.1 Å². The fourth-order valence-corrected chi connectivity index (χ4v) is 2.56. The Morgan fingerprint density at radius 2 is 1.92 bits per heavy atom. The maximum Gasteiger partial charge on any atom is 0.252 e. The molecule has 24 heavy (non-hydrogen) atoms. The van der Waals surface area contributed by atoms with Gasteiger partial charge in [-0.2, -0.15) is 4.98 Å². The summed E-state index contributed by atoms with van der Waals surface area (Å²) in [4.78, 5) is 14.6. The first-order valence-electron chi connectivity index (χ1n) is 7.55. The molecule has 0 aliphatic carbocycles. The molecule has 0 saturated carbocycles. The third-order valence-electron chi connectivity index (χ3n) is 3.69. The van der Waals surface area contributed by atoms with Crippen LogP contribution in [0.4, 0.5) is 17.4 Å². The second-order valence-corrected chi connectivity index (χ2v) is 5.16. The molecule has 0 aliphatic rings. The molecule has 3 aromatic heterocycles. The van der Waals surface area contributed by atoms with E-state index in [1.807, 2.05) is 42.5 Å². The lowest BCUT2D eigenvalue weighted by Crippen LogP contribution is -2.14. The van der Waals surface area contributed by atoms with E-state index in [-0.39, 0.29) is 5.82 Å². The van der Waals surface area contributed by atoms with E-state index in [9.17, 15) is 0 Å². The fourth-order valence-electron chi connectivity index (χ4n) is 2.56. The van der Waals surface area contributed by atoms with Gasteiger partial charge < -0.3 is 19.5 Å². The number of benzene rings is 1.